The highest BCUT2D eigenvalue weighted by Crippen LogP contribution is 2.18. The van der Waals surface area contributed by atoms with E-state index in [1.54, 1.807) is 0 Å². The van der Waals surface area contributed by atoms with Gasteiger partial charge in [0.05, 0.1) is 19.3 Å². The maximum absolute atomic E-state index is 5.93. The third-order valence-corrected chi connectivity index (χ3v) is 4.61. The van der Waals surface area contributed by atoms with Crippen LogP contribution in [0.2, 0.25) is 0 Å². The summed E-state index contributed by atoms with van der Waals surface area (Å²) in [6.45, 7) is 8.15. The molecule has 1 heterocycles. The maximum atomic E-state index is 5.93. The Balaban J connectivity index is 0.00000450. The molecule has 1 unspecified atom stereocenters. The molecule has 2 N–H and O–H groups in total. The molecule has 1 aromatic rings. The molecule has 0 saturated carbocycles. The summed E-state index contributed by atoms with van der Waals surface area (Å²) in [7, 11) is 4.09. The average Bonchev–Trinajstić information content (AvgIpc) is 3.22. The van der Waals surface area contributed by atoms with Gasteiger partial charge in [-0.2, -0.15) is 0 Å². The predicted octanol–water partition coefficient (Wildman–Crippen LogP) is 2.89. The minimum absolute atomic E-state index is 0. The van der Waals surface area contributed by atoms with Crippen molar-refractivity contribution >= 4 is 29.9 Å². The first-order valence-electron chi connectivity index (χ1n) is 10.8. The van der Waals surface area contributed by atoms with Gasteiger partial charge in [-0.15, -0.1) is 24.0 Å². The molecule has 1 saturated heterocycles. The molecule has 1 aliphatic rings. The largest absolute Gasteiger partial charge is 0.492 e. The van der Waals surface area contributed by atoms with E-state index < -0.39 is 0 Å². The van der Waals surface area contributed by atoms with Gasteiger partial charge in [0.25, 0.3) is 0 Å². The number of hydrogen-bond donors (Lipinski definition) is 2. The fraction of sp³-hybridized carbons (Fsp3) is 0.682. The van der Waals surface area contributed by atoms with Crippen molar-refractivity contribution in [2.75, 3.05) is 60.2 Å². The summed E-state index contributed by atoms with van der Waals surface area (Å²) in [4.78, 5) is 6.82. The number of halogens is 1. The molecule has 1 fully saturated rings. The normalized spacial score (nSPS) is 16.4. The van der Waals surface area contributed by atoms with Crippen molar-refractivity contribution in [2.24, 2.45) is 4.99 Å². The Morgan fingerprint density at radius 3 is 2.80 bits per heavy atom. The van der Waals surface area contributed by atoms with E-state index >= 15 is 0 Å². The Morgan fingerprint density at radius 1 is 1.23 bits per heavy atom. The van der Waals surface area contributed by atoms with Crippen molar-refractivity contribution in [3.8, 4) is 5.75 Å². The van der Waals surface area contributed by atoms with Crippen LogP contribution in [-0.2, 0) is 16.0 Å². The van der Waals surface area contributed by atoms with Crippen LogP contribution in [-0.4, -0.2) is 77.1 Å². The van der Waals surface area contributed by atoms with Gasteiger partial charge < -0.3 is 29.7 Å². The quantitative estimate of drug-likeness (QED) is 0.176. The monoisotopic (exact) mass is 534 g/mol. The van der Waals surface area contributed by atoms with Crippen molar-refractivity contribution in [3.63, 3.8) is 0 Å². The third-order valence-electron chi connectivity index (χ3n) is 4.61. The van der Waals surface area contributed by atoms with Gasteiger partial charge in [-0.25, -0.2) is 4.99 Å². The second-order valence-corrected chi connectivity index (χ2v) is 7.44. The van der Waals surface area contributed by atoms with Gasteiger partial charge in [-0.3, -0.25) is 0 Å². The number of ether oxygens (including phenoxy) is 3. The molecule has 7 nitrogen and oxygen atoms in total. The first-order valence-corrected chi connectivity index (χ1v) is 10.8. The summed E-state index contributed by atoms with van der Waals surface area (Å²) in [5.74, 6) is 1.71. The Labute approximate surface area is 199 Å². The fourth-order valence-electron chi connectivity index (χ4n) is 2.99. The molecule has 1 aromatic carbocycles. The van der Waals surface area contributed by atoms with Crippen molar-refractivity contribution in [1.82, 2.24) is 15.5 Å². The van der Waals surface area contributed by atoms with E-state index in [1.165, 1.54) is 0 Å². The number of nitrogens with one attached hydrogen (secondary N) is 2. The second-order valence-electron chi connectivity index (χ2n) is 7.44. The summed E-state index contributed by atoms with van der Waals surface area (Å²) >= 11 is 0. The molecule has 0 spiro atoms. The number of likely N-dealkylation sites (N-methyl/N-ethyl adjacent to an activating group) is 1. The number of para-hydroxylation sites is 1. The van der Waals surface area contributed by atoms with E-state index in [9.17, 15) is 0 Å². The molecular formula is C22H39IN4O3. The van der Waals surface area contributed by atoms with Crippen LogP contribution in [0.3, 0.4) is 0 Å². The number of guanidine groups is 1. The molecular weight excluding hydrogens is 495 g/mol. The Bertz CT molecular complexity index is 596. The topological polar surface area (TPSA) is 67.4 Å². The number of rotatable bonds is 13. The van der Waals surface area contributed by atoms with E-state index in [-0.39, 0.29) is 24.0 Å². The Kier molecular flexibility index (Phi) is 14.9. The van der Waals surface area contributed by atoms with Crippen LogP contribution in [0.5, 0.6) is 5.75 Å². The molecule has 1 aliphatic heterocycles. The fourth-order valence-corrected chi connectivity index (χ4v) is 2.99. The number of nitrogens with zero attached hydrogens (tertiary/aromatic N) is 2. The van der Waals surface area contributed by atoms with E-state index in [4.69, 9.17) is 19.2 Å². The van der Waals surface area contributed by atoms with Crippen molar-refractivity contribution < 1.29 is 14.2 Å². The van der Waals surface area contributed by atoms with Gasteiger partial charge in [0.15, 0.2) is 5.96 Å². The van der Waals surface area contributed by atoms with Crippen LogP contribution < -0.4 is 15.4 Å². The summed E-state index contributed by atoms with van der Waals surface area (Å²) in [6.07, 6.45) is 3.50. The van der Waals surface area contributed by atoms with E-state index in [0.29, 0.717) is 25.9 Å². The first kappa shape index (κ1) is 26.9. The molecule has 1 atom stereocenters. The average molecular weight is 534 g/mol. The molecule has 0 amide bonds. The van der Waals surface area contributed by atoms with Gasteiger partial charge in [0.2, 0.25) is 0 Å². The maximum Gasteiger partial charge on any atom is 0.191 e. The standard InChI is InChI=1S/C22H38N4O3.HI/c1-4-23-22(24-12-8-14-27-18-20-10-7-15-28-20)25-17-19-9-5-6-11-21(19)29-16-13-26(2)3;/h5-6,9,11,20H,4,7-8,10,12-18H2,1-3H3,(H2,23,24,25);1H. The van der Waals surface area contributed by atoms with Crippen LogP contribution in [0.15, 0.2) is 29.3 Å². The zero-order valence-corrected chi connectivity index (χ0v) is 21.0. The highest BCUT2D eigenvalue weighted by Gasteiger charge is 2.14. The van der Waals surface area contributed by atoms with Gasteiger partial charge in [0.1, 0.15) is 12.4 Å². The number of aliphatic imine (C=N–C) groups is 1. The zero-order valence-electron chi connectivity index (χ0n) is 18.7. The highest BCUT2D eigenvalue weighted by atomic mass is 127. The molecule has 0 aromatic heterocycles. The molecule has 8 heteroatoms. The lowest BCUT2D eigenvalue weighted by Crippen LogP contribution is -2.38. The van der Waals surface area contributed by atoms with Gasteiger partial charge in [0, 0.05) is 38.4 Å². The summed E-state index contributed by atoms with van der Waals surface area (Å²) in [6, 6.07) is 8.09. The zero-order chi connectivity index (χ0) is 20.7. The van der Waals surface area contributed by atoms with E-state index in [0.717, 1.165) is 69.4 Å². The smallest absolute Gasteiger partial charge is 0.191 e. The lowest BCUT2D eigenvalue weighted by molar-refractivity contribution is 0.0168. The molecule has 0 bridgehead atoms. The lowest BCUT2D eigenvalue weighted by atomic mass is 10.2. The van der Waals surface area contributed by atoms with Crippen molar-refractivity contribution in [1.29, 1.82) is 0 Å². The van der Waals surface area contributed by atoms with Crippen LogP contribution in [0, 0.1) is 0 Å². The SMILES string of the molecule is CCNC(=NCc1ccccc1OCCN(C)C)NCCCOCC1CCCO1.I. The van der Waals surface area contributed by atoms with E-state index in [2.05, 4.69) is 28.5 Å². The van der Waals surface area contributed by atoms with Gasteiger partial charge >= 0.3 is 0 Å². The minimum atomic E-state index is 0. The molecule has 172 valence electrons. The lowest BCUT2D eigenvalue weighted by Gasteiger charge is -2.14. The predicted molar refractivity (Wildman–Crippen MR) is 133 cm³/mol. The van der Waals surface area contributed by atoms with Crippen LogP contribution >= 0.6 is 24.0 Å². The summed E-state index contributed by atoms with van der Waals surface area (Å²) in [5, 5.41) is 6.67. The van der Waals surface area contributed by atoms with E-state index in [1.807, 2.05) is 32.3 Å². The van der Waals surface area contributed by atoms with Crippen LogP contribution in [0.4, 0.5) is 0 Å². The minimum Gasteiger partial charge on any atom is -0.492 e. The highest BCUT2D eigenvalue weighted by molar-refractivity contribution is 14.0. The first-order chi connectivity index (χ1) is 14.2. The van der Waals surface area contributed by atoms with Crippen molar-refractivity contribution in [2.45, 2.75) is 38.8 Å². The van der Waals surface area contributed by atoms with Crippen LogP contribution in [0.1, 0.15) is 31.7 Å². The van der Waals surface area contributed by atoms with Gasteiger partial charge in [-0.1, -0.05) is 18.2 Å². The molecule has 0 aliphatic carbocycles. The Hall–Kier alpha value is -1.10. The number of benzene rings is 1. The van der Waals surface area contributed by atoms with Crippen molar-refractivity contribution in [3.05, 3.63) is 29.8 Å². The summed E-state index contributed by atoms with van der Waals surface area (Å²) in [5.41, 5.74) is 1.09. The molecule has 0 radical (unpaired) electrons. The second kappa shape index (κ2) is 16.6. The molecule has 30 heavy (non-hydrogen) atoms. The van der Waals surface area contributed by atoms with Gasteiger partial charge in [-0.05, 0) is 46.3 Å². The Morgan fingerprint density at radius 2 is 2.07 bits per heavy atom. The third kappa shape index (κ3) is 11.3. The molecule has 2 rings (SSSR count). The number of hydrogen-bond acceptors (Lipinski definition) is 5. The summed E-state index contributed by atoms with van der Waals surface area (Å²) < 4.78 is 17.2. The van der Waals surface area contributed by atoms with Crippen LogP contribution in [0.25, 0.3) is 0 Å².